The van der Waals surface area contributed by atoms with Crippen LogP contribution in [0.4, 0.5) is 0 Å². The molecule has 0 saturated heterocycles. The molecule has 7 heteroatoms. The molecule has 2 rings (SSSR count). The maximum atomic E-state index is 11.3. The number of nitrogens with zero attached hydrogens (tertiary/aromatic N) is 2. The molecule has 0 aliphatic rings. The van der Waals surface area contributed by atoms with Crippen molar-refractivity contribution in [3.8, 4) is 0 Å². The molecule has 0 fully saturated rings. The lowest BCUT2D eigenvalue weighted by molar-refractivity contribution is -0.131. The van der Waals surface area contributed by atoms with Gasteiger partial charge in [-0.3, -0.25) is 9.78 Å². The molecule has 2 heterocycles. The number of hydrogen-bond acceptors (Lipinski definition) is 4. The van der Waals surface area contributed by atoms with Gasteiger partial charge in [0.1, 0.15) is 10.7 Å². The summed E-state index contributed by atoms with van der Waals surface area (Å²) in [4.78, 5) is 29.7. The zero-order valence-corrected chi connectivity index (χ0v) is 9.66. The third-order valence-corrected chi connectivity index (χ3v) is 2.65. The minimum absolute atomic E-state index is 0.0649. The number of pyridine rings is 2. The molecule has 2 aromatic heterocycles. The first kappa shape index (κ1) is 11.8. The quantitative estimate of drug-likeness (QED) is 0.514. The standard InChI is InChI=1S/C10H4Cl2N2O3/c11-6-2-1-5-8(14-6)7(12)4(3-13-5)9(15)10(16)17/h1-3H,(H,16,17). The summed E-state index contributed by atoms with van der Waals surface area (Å²) < 4.78 is 0. The summed E-state index contributed by atoms with van der Waals surface area (Å²) in [5.41, 5.74) is 0.425. The van der Waals surface area contributed by atoms with E-state index >= 15 is 0 Å². The molecule has 0 saturated carbocycles. The number of ketones is 1. The largest absolute Gasteiger partial charge is 0.475 e. The van der Waals surface area contributed by atoms with Crippen LogP contribution in [0.5, 0.6) is 0 Å². The van der Waals surface area contributed by atoms with Crippen molar-refractivity contribution in [2.24, 2.45) is 0 Å². The predicted molar refractivity (Wildman–Crippen MR) is 61.5 cm³/mol. The fourth-order valence-electron chi connectivity index (χ4n) is 1.29. The van der Waals surface area contributed by atoms with Gasteiger partial charge < -0.3 is 5.11 Å². The van der Waals surface area contributed by atoms with Crippen molar-refractivity contribution in [2.75, 3.05) is 0 Å². The van der Waals surface area contributed by atoms with Gasteiger partial charge in [0.05, 0.1) is 16.1 Å². The number of fused-ring (bicyclic) bond motifs is 1. The van der Waals surface area contributed by atoms with Crippen LogP contribution in [0.3, 0.4) is 0 Å². The van der Waals surface area contributed by atoms with Gasteiger partial charge in [-0.25, -0.2) is 9.78 Å². The number of carboxylic acids is 1. The maximum Gasteiger partial charge on any atom is 0.377 e. The summed E-state index contributed by atoms with van der Waals surface area (Å²) in [6, 6.07) is 3.09. The van der Waals surface area contributed by atoms with E-state index in [2.05, 4.69) is 9.97 Å². The van der Waals surface area contributed by atoms with E-state index in [1.807, 2.05) is 0 Å². The van der Waals surface area contributed by atoms with Gasteiger partial charge in [-0.15, -0.1) is 0 Å². The molecule has 5 nitrogen and oxygen atoms in total. The minimum atomic E-state index is -1.60. The fourth-order valence-corrected chi connectivity index (χ4v) is 1.71. The highest BCUT2D eigenvalue weighted by Gasteiger charge is 2.20. The molecule has 0 amide bonds. The second kappa shape index (κ2) is 4.27. The van der Waals surface area contributed by atoms with Gasteiger partial charge in [-0.05, 0) is 12.1 Å². The van der Waals surface area contributed by atoms with E-state index in [9.17, 15) is 9.59 Å². The number of carbonyl (C=O) groups is 2. The van der Waals surface area contributed by atoms with Crippen LogP contribution in [0.25, 0.3) is 11.0 Å². The molecule has 0 aromatic carbocycles. The van der Waals surface area contributed by atoms with Crippen molar-refractivity contribution in [3.05, 3.63) is 34.1 Å². The van der Waals surface area contributed by atoms with Crippen LogP contribution < -0.4 is 0 Å². The molecule has 0 aliphatic heterocycles. The highest BCUT2D eigenvalue weighted by atomic mass is 35.5. The van der Waals surface area contributed by atoms with E-state index in [1.165, 1.54) is 6.07 Å². The molecular weight excluding hydrogens is 267 g/mol. The zero-order chi connectivity index (χ0) is 12.6. The van der Waals surface area contributed by atoms with Crippen molar-refractivity contribution < 1.29 is 14.7 Å². The van der Waals surface area contributed by atoms with E-state index in [1.54, 1.807) is 6.07 Å². The molecule has 86 valence electrons. The van der Waals surface area contributed by atoms with Crippen molar-refractivity contribution in [1.82, 2.24) is 9.97 Å². The Morgan fingerprint density at radius 2 is 1.94 bits per heavy atom. The molecule has 0 bridgehead atoms. The summed E-state index contributed by atoms with van der Waals surface area (Å²) in [5, 5.41) is 8.72. The highest BCUT2D eigenvalue weighted by molar-refractivity contribution is 6.46. The molecule has 1 N–H and O–H groups in total. The first-order chi connectivity index (χ1) is 8.00. The molecule has 0 spiro atoms. The van der Waals surface area contributed by atoms with Crippen LogP contribution in [0.1, 0.15) is 10.4 Å². The van der Waals surface area contributed by atoms with Gasteiger partial charge in [0.2, 0.25) is 0 Å². The van der Waals surface area contributed by atoms with E-state index < -0.39 is 11.8 Å². The van der Waals surface area contributed by atoms with Crippen LogP contribution in [0.15, 0.2) is 18.3 Å². The molecule has 0 unspecified atom stereocenters. The molecular formula is C10H4Cl2N2O3. The van der Waals surface area contributed by atoms with Crippen LogP contribution in [-0.4, -0.2) is 26.8 Å². The van der Waals surface area contributed by atoms with Gasteiger partial charge in [0.15, 0.2) is 0 Å². The SMILES string of the molecule is O=C(O)C(=O)c1cnc2ccc(Cl)nc2c1Cl. The third kappa shape index (κ3) is 2.07. The Kier molecular flexibility index (Phi) is 2.95. The second-order valence-electron chi connectivity index (χ2n) is 3.12. The van der Waals surface area contributed by atoms with E-state index in [-0.39, 0.29) is 21.3 Å². The predicted octanol–water partition coefficient (Wildman–Crippen LogP) is 2.20. The molecule has 0 atom stereocenters. The minimum Gasteiger partial charge on any atom is -0.475 e. The second-order valence-corrected chi connectivity index (χ2v) is 3.89. The smallest absolute Gasteiger partial charge is 0.377 e. The summed E-state index contributed by atoms with van der Waals surface area (Å²) in [6.07, 6.45) is 1.11. The van der Waals surface area contributed by atoms with E-state index in [0.717, 1.165) is 6.20 Å². The van der Waals surface area contributed by atoms with Gasteiger partial charge in [-0.2, -0.15) is 0 Å². The monoisotopic (exact) mass is 270 g/mol. The normalized spacial score (nSPS) is 10.5. The van der Waals surface area contributed by atoms with Gasteiger partial charge >= 0.3 is 5.97 Å². The average molecular weight is 271 g/mol. The number of aliphatic carboxylic acids is 1. The van der Waals surface area contributed by atoms with Crippen molar-refractivity contribution >= 4 is 46.0 Å². The molecule has 2 aromatic rings. The highest BCUT2D eigenvalue weighted by Crippen LogP contribution is 2.25. The summed E-state index contributed by atoms with van der Waals surface area (Å²) in [6.45, 7) is 0. The topological polar surface area (TPSA) is 80.1 Å². The number of carbonyl (C=O) groups excluding carboxylic acids is 1. The van der Waals surface area contributed by atoms with Crippen molar-refractivity contribution in [2.45, 2.75) is 0 Å². The Morgan fingerprint density at radius 1 is 1.24 bits per heavy atom. The van der Waals surface area contributed by atoms with Crippen LogP contribution >= 0.6 is 23.2 Å². The molecule has 0 aliphatic carbocycles. The number of halogens is 2. The van der Waals surface area contributed by atoms with E-state index in [4.69, 9.17) is 28.3 Å². The number of Topliss-reactive ketones (excluding diaryl/α,β-unsaturated/α-hetero) is 1. The number of hydrogen-bond donors (Lipinski definition) is 1. The summed E-state index contributed by atoms with van der Waals surface area (Å²) in [7, 11) is 0. The summed E-state index contributed by atoms with van der Waals surface area (Å²) >= 11 is 11.6. The lowest BCUT2D eigenvalue weighted by Crippen LogP contribution is -2.13. The lowest BCUT2D eigenvalue weighted by Gasteiger charge is -2.03. The van der Waals surface area contributed by atoms with Crippen LogP contribution in [0, 0.1) is 0 Å². The lowest BCUT2D eigenvalue weighted by atomic mass is 10.1. The average Bonchev–Trinajstić information content (AvgIpc) is 2.29. The Morgan fingerprint density at radius 3 is 2.59 bits per heavy atom. The Bertz CT molecular complexity index is 643. The van der Waals surface area contributed by atoms with E-state index in [0.29, 0.717) is 5.52 Å². The van der Waals surface area contributed by atoms with Crippen molar-refractivity contribution in [1.29, 1.82) is 0 Å². The van der Waals surface area contributed by atoms with Crippen LogP contribution in [-0.2, 0) is 4.79 Å². The van der Waals surface area contributed by atoms with Gasteiger partial charge in [0, 0.05) is 6.20 Å². The third-order valence-electron chi connectivity index (χ3n) is 2.06. The number of aromatic nitrogens is 2. The zero-order valence-electron chi connectivity index (χ0n) is 8.15. The fraction of sp³-hybridized carbons (Fsp3) is 0. The van der Waals surface area contributed by atoms with Crippen LogP contribution in [0.2, 0.25) is 10.2 Å². The first-order valence-corrected chi connectivity index (χ1v) is 5.14. The molecule has 17 heavy (non-hydrogen) atoms. The van der Waals surface area contributed by atoms with Crippen molar-refractivity contribution in [3.63, 3.8) is 0 Å². The van der Waals surface area contributed by atoms with Gasteiger partial charge in [-0.1, -0.05) is 23.2 Å². The first-order valence-electron chi connectivity index (χ1n) is 4.39. The van der Waals surface area contributed by atoms with Gasteiger partial charge in [0.25, 0.3) is 5.78 Å². The Balaban J connectivity index is 2.72. The molecule has 0 radical (unpaired) electrons. The Labute approximate surface area is 105 Å². The summed E-state index contributed by atoms with van der Waals surface area (Å²) in [5.74, 6) is -2.73. The maximum absolute atomic E-state index is 11.3. The number of rotatable bonds is 2. The Hall–Kier alpha value is -1.72. The number of carboxylic acid groups (broad SMARTS) is 1.